The van der Waals surface area contributed by atoms with Crippen molar-refractivity contribution in [2.45, 2.75) is 24.2 Å². The number of hydrogen-bond acceptors (Lipinski definition) is 7. The van der Waals surface area contributed by atoms with Crippen LogP contribution in [0, 0.1) is 0 Å². The summed E-state index contributed by atoms with van der Waals surface area (Å²) in [6.07, 6.45) is 6.00. The Bertz CT molecular complexity index is 1420. The number of aryl methyl sites for hydroxylation is 3. The van der Waals surface area contributed by atoms with Crippen molar-refractivity contribution in [3.8, 4) is 34.3 Å². The highest BCUT2D eigenvalue weighted by Gasteiger charge is 2.28. The minimum absolute atomic E-state index is 0.154. The van der Waals surface area contributed by atoms with E-state index in [1.54, 1.807) is 13.3 Å². The van der Waals surface area contributed by atoms with Gasteiger partial charge in [-0.15, -0.1) is 0 Å². The van der Waals surface area contributed by atoms with Gasteiger partial charge in [0.25, 0.3) is 0 Å². The summed E-state index contributed by atoms with van der Waals surface area (Å²) in [6.45, 7) is 1.26. The molecule has 6 rings (SSSR count). The fourth-order valence-corrected chi connectivity index (χ4v) is 5.43. The van der Waals surface area contributed by atoms with E-state index >= 15 is 0 Å². The topological polar surface area (TPSA) is 78.9 Å². The monoisotopic (exact) mass is 492 g/mol. The Morgan fingerprint density at radius 3 is 2.89 bits per heavy atom. The maximum absolute atomic E-state index is 10.6. The summed E-state index contributed by atoms with van der Waals surface area (Å²) in [6, 6.07) is 10.3. The SMILES string of the molecule is COc1ccc2cc3[n+](cc2c1OCC(O)CSc1nccn1C)CCc1cc2c(cc1-3)OCO2. The van der Waals surface area contributed by atoms with Crippen LogP contribution in [0.2, 0.25) is 0 Å². The fourth-order valence-electron chi connectivity index (χ4n) is 4.60. The quantitative estimate of drug-likeness (QED) is 0.313. The highest BCUT2D eigenvalue weighted by Crippen LogP contribution is 2.41. The summed E-state index contributed by atoms with van der Waals surface area (Å²) in [7, 11) is 3.57. The summed E-state index contributed by atoms with van der Waals surface area (Å²) in [5.41, 5.74) is 3.54. The maximum atomic E-state index is 10.6. The van der Waals surface area contributed by atoms with Gasteiger partial charge in [-0.2, -0.15) is 4.57 Å². The number of methoxy groups -OCH3 is 1. The zero-order valence-corrected chi connectivity index (χ0v) is 20.4. The molecule has 1 unspecified atom stereocenters. The summed E-state index contributed by atoms with van der Waals surface area (Å²) in [4.78, 5) is 4.29. The predicted octanol–water partition coefficient (Wildman–Crippen LogP) is 3.35. The molecule has 8 nitrogen and oxygen atoms in total. The van der Waals surface area contributed by atoms with Gasteiger partial charge in [-0.1, -0.05) is 11.8 Å². The number of aliphatic hydroxyl groups is 1. The third-order valence-corrected chi connectivity index (χ3v) is 7.60. The molecule has 180 valence electrons. The van der Waals surface area contributed by atoms with Crippen molar-refractivity contribution in [3.05, 3.63) is 54.5 Å². The number of rotatable bonds is 7. The Balaban J connectivity index is 1.29. The number of nitrogens with zero attached hydrogens (tertiary/aromatic N) is 3. The van der Waals surface area contributed by atoms with Crippen molar-refractivity contribution < 1.29 is 28.6 Å². The van der Waals surface area contributed by atoms with Crippen molar-refractivity contribution in [1.29, 1.82) is 0 Å². The smallest absolute Gasteiger partial charge is 0.231 e. The first-order valence-electron chi connectivity index (χ1n) is 11.5. The minimum Gasteiger partial charge on any atom is -0.493 e. The second-order valence-electron chi connectivity index (χ2n) is 8.66. The van der Waals surface area contributed by atoms with Crippen LogP contribution >= 0.6 is 11.8 Å². The van der Waals surface area contributed by atoms with Crippen LogP contribution in [0.5, 0.6) is 23.0 Å². The maximum Gasteiger partial charge on any atom is 0.231 e. The third-order valence-electron chi connectivity index (χ3n) is 6.40. The van der Waals surface area contributed by atoms with Gasteiger partial charge in [-0.25, -0.2) is 4.98 Å². The van der Waals surface area contributed by atoms with Crippen molar-refractivity contribution >= 4 is 22.5 Å². The normalized spacial score (nSPS) is 14.5. The number of ether oxygens (including phenoxy) is 4. The molecule has 2 aromatic carbocycles. The lowest BCUT2D eigenvalue weighted by atomic mass is 9.95. The Hall–Kier alpha value is -3.43. The molecule has 35 heavy (non-hydrogen) atoms. The minimum atomic E-state index is -0.655. The zero-order chi connectivity index (χ0) is 23.9. The molecule has 2 aromatic heterocycles. The lowest BCUT2D eigenvalue weighted by molar-refractivity contribution is -0.686. The number of aromatic nitrogens is 3. The average molecular weight is 493 g/mol. The first kappa shape index (κ1) is 22.1. The largest absolute Gasteiger partial charge is 0.493 e. The van der Waals surface area contributed by atoms with Gasteiger partial charge in [0, 0.05) is 37.7 Å². The third kappa shape index (κ3) is 4.04. The molecule has 1 N–H and O–H groups in total. The van der Waals surface area contributed by atoms with E-state index in [4.69, 9.17) is 18.9 Å². The molecule has 9 heteroatoms. The van der Waals surface area contributed by atoms with E-state index in [9.17, 15) is 5.11 Å². The van der Waals surface area contributed by atoms with Gasteiger partial charge < -0.3 is 28.6 Å². The van der Waals surface area contributed by atoms with Crippen LogP contribution in [-0.2, 0) is 20.0 Å². The van der Waals surface area contributed by atoms with Crippen LogP contribution in [0.4, 0.5) is 0 Å². The van der Waals surface area contributed by atoms with Gasteiger partial charge in [0.2, 0.25) is 12.5 Å². The Morgan fingerprint density at radius 1 is 1.23 bits per heavy atom. The molecular formula is C26H26N3O5S+. The summed E-state index contributed by atoms with van der Waals surface area (Å²) in [5.74, 6) is 3.36. The van der Waals surface area contributed by atoms with Gasteiger partial charge in [-0.05, 0) is 35.2 Å². The van der Waals surface area contributed by atoms with E-state index in [0.29, 0.717) is 17.3 Å². The molecule has 4 heterocycles. The van der Waals surface area contributed by atoms with Crippen LogP contribution < -0.4 is 23.5 Å². The molecular weight excluding hydrogens is 466 g/mol. The summed E-state index contributed by atoms with van der Waals surface area (Å²) >= 11 is 1.50. The molecule has 0 saturated heterocycles. The standard InChI is InChI=1S/C26H26N3O5S/c1-28-8-6-27-26(28)35-14-18(30)13-32-25-20-12-29-7-5-17-10-23-24(34-15-33-23)11-19(17)21(29)9-16(20)3-4-22(25)31-2/h3-4,6,8-12,18,30H,5,7,13-15H2,1-2H3/q+1. The molecule has 0 radical (unpaired) electrons. The summed E-state index contributed by atoms with van der Waals surface area (Å²) in [5, 5.41) is 13.4. The van der Waals surface area contributed by atoms with Gasteiger partial charge in [-0.3, -0.25) is 0 Å². The lowest BCUT2D eigenvalue weighted by Gasteiger charge is -2.18. The van der Waals surface area contributed by atoms with E-state index in [1.807, 2.05) is 29.9 Å². The Kier molecular flexibility index (Phi) is 5.66. The van der Waals surface area contributed by atoms with Crippen molar-refractivity contribution in [1.82, 2.24) is 9.55 Å². The molecule has 2 aliphatic heterocycles. The van der Waals surface area contributed by atoms with E-state index in [-0.39, 0.29) is 13.4 Å². The number of pyridine rings is 1. The van der Waals surface area contributed by atoms with Crippen LogP contribution in [0.3, 0.4) is 0 Å². The second-order valence-corrected chi connectivity index (χ2v) is 9.65. The van der Waals surface area contributed by atoms with Crippen LogP contribution in [0.25, 0.3) is 22.0 Å². The van der Waals surface area contributed by atoms with Gasteiger partial charge >= 0.3 is 0 Å². The Labute approximate surface area is 207 Å². The number of imidazole rings is 1. The number of hydrogen-bond donors (Lipinski definition) is 1. The van der Waals surface area contributed by atoms with E-state index in [0.717, 1.165) is 51.7 Å². The lowest BCUT2D eigenvalue weighted by Crippen LogP contribution is -2.40. The zero-order valence-electron chi connectivity index (χ0n) is 19.6. The van der Waals surface area contributed by atoms with E-state index in [2.05, 4.69) is 33.9 Å². The number of fused-ring (bicyclic) bond motifs is 5. The average Bonchev–Trinajstić information content (AvgIpc) is 3.51. The molecule has 0 fully saturated rings. The van der Waals surface area contributed by atoms with Crippen molar-refractivity contribution in [3.63, 3.8) is 0 Å². The highest BCUT2D eigenvalue weighted by atomic mass is 32.2. The molecule has 4 aromatic rings. The molecule has 2 aliphatic rings. The van der Waals surface area contributed by atoms with Crippen molar-refractivity contribution in [2.75, 3.05) is 26.3 Å². The molecule has 0 amide bonds. The number of aliphatic hydroxyl groups excluding tert-OH is 1. The number of thioether (sulfide) groups is 1. The highest BCUT2D eigenvalue weighted by molar-refractivity contribution is 7.99. The fraction of sp³-hybridized carbons (Fsp3) is 0.308. The van der Waals surface area contributed by atoms with Crippen LogP contribution in [0.1, 0.15) is 5.56 Å². The van der Waals surface area contributed by atoms with Gasteiger partial charge in [0.05, 0.1) is 24.2 Å². The molecule has 0 aliphatic carbocycles. The van der Waals surface area contributed by atoms with Gasteiger partial charge in [0.1, 0.15) is 6.61 Å². The van der Waals surface area contributed by atoms with E-state index in [1.165, 1.54) is 17.3 Å². The first-order chi connectivity index (χ1) is 17.1. The Morgan fingerprint density at radius 2 is 2.09 bits per heavy atom. The molecule has 0 spiro atoms. The summed E-state index contributed by atoms with van der Waals surface area (Å²) < 4.78 is 27.1. The second kappa shape index (κ2) is 8.98. The van der Waals surface area contributed by atoms with Crippen molar-refractivity contribution in [2.24, 2.45) is 7.05 Å². The predicted molar refractivity (Wildman–Crippen MR) is 131 cm³/mol. The molecule has 1 atom stereocenters. The molecule has 0 bridgehead atoms. The first-order valence-corrected chi connectivity index (χ1v) is 12.5. The molecule has 0 saturated carbocycles. The van der Waals surface area contributed by atoms with Gasteiger partial charge in [0.15, 0.2) is 40.9 Å². The van der Waals surface area contributed by atoms with Crippen LogP contribution in [-0.4, -0.2) is 47.0 Å². The number of benzene rings is 2. The van der Waals surface area contributed by atoms with E-state index < -0.39 is 6.10 Å². The van der Waals surface area contributed by atoms with Crippen LogP contribution in [0.15, 0.2) is 54.1 Å².